The summed E-state index contributed by atoms with van der Waals surface area (Å²) in [5, 5.41) is 10.5. The van der Waals surface area contributed by atoms with E-state index in [2.05, 4.69) is 29.7 Å². The predicted molar refractivity (Wildman–Crippen MR) is 113 cm³/mol. The normalized spacial score (nSPS) is 14.7. The van der Waals surface area contributed by atoms with Crippen LogP contribution in [0.25, 0.3) is 0 Å². The Kier molecular flexibility index (Phi) is 6.82. The molecular weight excluding hydrogens is 352 g/mol. The molecule has 0 radical (unpaired) electrons. The lowest BCUT2D eigenvalue weighted by Crippen LogP contribution is -3.13. The molecule has 3 rings (SSSR count). The molecule has 2 aromatic rings. The third-order valence-corrected chi connectivity index (χ3v) is 5.23. The molecule has 1 aliphatic heterocycles. The highest BCUT2D eigenvalue weighted by molar-refractivity contribution is 5.58. The van der Waals surface area contributed by atoms with Crippen LogP contribution in [-0.2, 0) is 13.0 Å². The van der Waals surface area contributed by atoms with Gasteiger partial charge in [0.25, 0.3) is 0 Å². The van der Waals surface area contributed by atoms with Crippen LogP contribution in [0, 0.1) is 0 Å². The van der Waals surface area contributed by atoms with Gasteiger partial charge in [0.1, 0.15) is 12.3 Å². The van der Waals surface area contributed by atoms with Crippen LogP contribution >= 0.6 is 0 Å². The molecular formula is C23H31N2O3+. The number of nitrogens with one attached hydrogen (secondary N) is 1. The lowest BCUT2D eigenvalue weighted by atomic mass is 10.0. The van der Waals surface area contributed by atoms with E-state index in [1.165, 1.54) is 10.6 Å². The molecule has 1 heterocycles. The summed E-state index contributed by atoms with van der Waals surface area (Å²) < 4.78 is 11.1. The highest BCUT2D eigenvalue weighted by Crippen LogP contribution is 2.32. The van der Waals surface area contributed by atoms with E-state index in [1.54, 1.807) is 7.11 Å². The third kappa shape index (κ3) is 4.60. The first-order chi connectivity index (χ1) is 13.7. The monoisotopic (exact) mass is 383 g/mol. The average molecular weight is 384 g/mol. The number of rotatable bonds is 8. The van der Waals surface area contributed by atoms with Crippen LogP contribution in [0.15, 0.2) is 49.1 Å². The van der Waals surface area contributed by atoms with Crippen LogP contribution in [0.2, 0.25) is 0 Å². The maximum absolute atomic E-state index is 10.5. The Labute approximate surface area is 167 Å². The van der Waals surface area contributed by atoms with Gasteiger partial charge in [0.15, 0.2) is 11.5 Å². The lowest BCUT2D eigenvalue weighted by Gasteiger charge is -2.34. The van der Waals surface area contributed by atoms with Gasteiger partial charge in [-0.15, -0.1) is 6.58 Å². The van der Waals surface area contributed by atoms with E-state index in [4.69, 9.17) is 9.47 Å². The number of methoxy groups -OCH3 is 1. The second-order valence-corrected chi connectivity index (χ2v) is 7.11. The number of hydrogen-bond donors (Lipinski definition) is 2. The number of nitrogens with zero attached hydrogens (tertiary/aromatic N) is 1. The van der Waals surface area contributed by atoms with Crippen molar-refractivity contribution in [3.05, 3.63) is 60.2 Å². The minimum absolute atomic E-state index is 0.256. The maximum Gasteiger partial charge on any atom is 0.166 e. The van der Waals surface area contributed by atoms with Crippen LogP contribution in [0.4, 0.5) is 5.69 Å². The summed E-state index contributed by atoms with van der Waals surface area (Å²) in [5.41, 5.74) is 3.22. The molecule has 5 nitrogen and oxygen atoms in total. The van der Waals surface area contributed by atoms with Gasteiger partial charge in [-0.25, -0.2) is 0 Å². The fourth-order valence-electron chi connectivity index (χ4n) is 3.81. The number of phenolic OH excluding ortho intramolecular Hbond substituents is 1. The van der Waals surface area contributed by atoms with Gasteiger partial charge in [-0.05, 0) is 43.2 Å². The summed E-state index contributed by atoms with van der Waals surface area (Å²) >= 11 is 0. The molecule has 2 aromatic carbocycles. The summed E-state index contributed by atoms with van der Waals surface area (Å²) in [4.78, 5) is 3.85. The van der Waals surface area contributed by atoms with Gasteiger partial charge in [-0.2, -0.15) is 0 Å². The molecule has 0 aliphatic carbocycles. The molecule has 5 heteroatoms. The van der Waals surface area contributed by atoms with Crippen LogP contribution in [0.5, 0.6) is 17.2 Å². The van der Waals surface area contributed by atoms with Crippen LogP contribution in [0.3, 0.4) is 0 Å². The summed E-state index contributed by atoms with van der Waals surface area (Å²) in [6, 6.07) is 12.2. The second-order valence-electron chi connectivity index (χ2n) is 7.11. The van der Waals surface area contributed by atoms with Crippen molar-refractivity contribution in [3.63, 3.8) is 0 Å². The average Bonchev–Trinajstić information content (AvgIpc) is 2.72. The van der Waals surface area contributed by atoms with Crippen molar-refractivity contribution in [2.24, 2.45) is 0 Å². The first-order valence-electron chi connectivity index (χ1n) is 9.96. The van der Waals surface area contributed by atoms with Gasteiger partial charge in [0, 0.05) is 0 Å². The molecule has 150 valence electrons. The van der Waals surface area contributed by atoms with E-state index in [1.807, 2.05) is 31.2 Å². The zero-order valence-electron chi connectivity index (χ0n) is 16.9. The lowest BCUT2D eigenvalue weighted by molar-refractivity contribution is -0.914. The summed E-state index contributed by atoms with van der Waals surface area (Å²) in [6.07, 6.45) is 2.64. The fraction of sp³-hybridized carbons (Fsp3) is 0.391. The van der Waals surface area contributed by atoms with E-state index in [0.717, 1.165) is 56.0 Å². The maximum atomic E-state index is 10.5. The van der Waals surface area contributed by atoms with Crippen molar-refractivity contribution >= 4 is 5.69 Å². The Morgan fingerprint density at radius 1 is 1.18 bits per heavy atom. The number of quaternary nitrogens is 1. The van der Waals surface area contributed by atoms with E-state index in [9.17, 15) is 5.11 Å². The van der Waals surface area contributed by atoms with Crippen molar-refractivity contribution in [1.82, 2.24) is 0 Å². The Morgan fingerprint density at radius 3 is 2.61 bits per heavy atom. The van der Waals surface area contributed by atoms with E-state index >= 15 is 0 Å². The van der Waals surface area contributed by atoms with Gasteiger partial charge >= 0.3 is 0 Å². The van der Waals surface area contributed by atoms with Gasteiger partial charge < -0.3 is 24.4 Å². The van der Waals surface area contributed by atoms with Crippen molar-refractivity contribution in [2.75, 3.05) is 44.8 Å². The zero-order chi connectivity index (χ0) is 19.9. The Hall–Kier alpha value is -2.66. The van der Waals surface area contributed by atoms with Crippen molar-refractivity contribution in [2.45, 2.75) is 19.9 Å². The van der Waals surface area contributed by atoms with Crippen LogP contribution < -0.4 is 19.3 Å². The molecule has 2 N–H and O–H groups in total. The number of hydrogen-bond acceptors (Lipinski definition) is 4. The minimum atomic E-state index is 0.256. The smallest absolute Gasteiger partial charge is 0.166 e. The number of phenols is 1. The number of ether oxygens (including phenoxy) is 2. The molecule has 0 bridgehead atoms. The van der Waals surface area contributed by atoms with Gasteiger partial charge in [-0.3, -0.25) is 0 Å². The molecule has 0 unspecified atom stereocenters. The number of benzene rings is 2. The standard InChI is InChI=1S/C23H30N2O3/c1-4-8-18-15-19(23(26)22(16-18)27-3)17-24-11-13-25(14-12-24)20-9-6-7-10-21(20)28-5-2/h4,6-7,9-10,15-16,26H,1,5,8,11-14,17H2,2-3H3/p+1. The molecule has 0 saturated carbocycles. The van der Waals surface area contributed by atoms with Gasteiger partial charge in [-0.1, -0.05) is 18.2 Å². The Balaban J connectivity index is 1.68. The summed E-state index contributed by atoms with van der Waals surface area (Å²) in [6.45, 7) is 11.2. The molecule has 0 aromatic heterocycles. The Morgan fingerprint density at radius 2 is 1.93 bits per heavy atom. The molecule has 28 heavy (non-hydrogen) atoms. The SMILES string of the molecule is C=CCc1cc(C[NH+]2CCN(c3ccccc3OCC)CC2)c(O)c(OC)c1. The quantitative estimate of drug-likeness (QED) is 0.688. The van der Waals surface area contributed by atoms with E-state index < -0.39 is 0 Å². The van der Waals surface area contributed by atoms with Gasteiger partial charge in [0.2, 0.25) is 0 Å². The summed E-state index contributed by atoms with van der Waals surface area (Å²) in [5.74, 6) is 1.75. The third-order valence-electron chi connectivity index (χ3n) is 5.23. The largest absolute Gasteiger partial charge is 0.504 e. The molecule has 0 spiro atoms. The van der Waals surface area contributed by atoms with E-state index in [-0.39, 0.29) is 5.75 Å². The number of aromatic hydroxyl groups is 1. The predicted octanol–water partition coefficient (Wildman–Crippen LogP) is 2.43. The summed E-state index contributed by atoms with van der Waals surface area (Å²) in [7, 11) is 1.60. The fourth-order valence-corrected chi connectivity index (χ4v) is 3.81. The molecule has 1 saturated heterocycles. The van der Waals surface area contributed by atoms with Crippen molar-refractivity contribution in [1.29, 1.82) is 0 Å². The second kappa shape index (κ2) is 9.51. The number of piperazine rings is 1. The first-order valence-corrected chi connectivity index (χ1v) is 9.96. The number of para-hydroxylation sites is 2. The van der Waals surface area contributed by atoms with E-state index in [0.29, 0.717) is 12.4 Å². The topological polar surface area (TPSA) is 46.4 Å². The minimum Gasteiger partial charge on any atom is -0.504 e. The number of allylic oxidation sites excluding steroid dienone is 1. The number of anilines is 1. The molecule has 0 atom stereocenters. The van der Waals surface area contributed by atoms with Crippen molar-refractivity contribution < 1.29 is 19.5 Å². The van der Waals surface area contributed by atoms with Crippen molar-refractivity contribution in [3.8, 4) is 17.2 Å². The highest BCUT2D eigenvalue weighted by Gasteiger charge is 2.24. The van der Waals surface area contributed by atoms with Gasteiger partial charge in [0.05, 0.1) is 51.1 Å². The molecule has 1 aliphatic rings. The van der Waals surface area contributed by atoms with Crippen LogP contribution in [0.1, 0.15) is 18.1 Å². The highest BCUT2D eigenvalue weighted by atomic mass is 16.5. The molecule has 0 amide bonds. The molecule has 1 fully saturated rings. The Bertz CT molecular complexity index is 798. The first kappa shape index (κ1) is 20.1. The van der Waals surface area contributed by atoms with Crippen LogP contribution in [-0.4, -0.2) is 45.0 Å². The zero-order valence-corrected chi connectivity index (χ0v) is 16.9.